The normalized spacial score (nSPS) is 10.4. The molecule has 0 aliphatic heterocycles. The predicted molar refractivity (Wildman–Crippen MR) is 75.5 cm³/mol. The van der Waals surface area contributed by atoms with Gasteiger partial charge in [-0.25, -0.2) is 13.3 Å². The van der Waals surface area contributed by atoms with Gasteiger partial charge in [0.2, 0.25) is 5.91 Å². The molecule has 0 aliphatic rings. The highest BCUT2D eigenvalue weighted by Crippen LogP contribution is 2.13. The first-order chi connectivity index (χ1) is 10.1. The Morgan fingerprint density at radius 3 is 2.52 bits per heavy atom. The second-order valence-corrected chi connectivity index (χ2v) is 4.75. The van der Waals surface area contributed by atoms with Crippen molar-refractivity contribution < 1.29 is 18.1 Å². The summed E-state index contributed by atoms with van der Waals surface area (Å²) in [5.74, 6) is -2.08. The monoisotopic (exact) mass is 291 g/mol. The largest absolute Gasteiger partial charge is 0.326 e. The third kappa shape index (κ3) is 4.95. The lowest BCUT2D eigenvalue weighted by Crippen LogP contribution is -2.32. The van der Waals surface area contributed by atoms with E-state index in [0.717, 1.165) is 31.5 Å². The van der Waals surface area contributed by atoms with Gasteiger partial charge in [0.25, 0.3) is 0 Å². The van der Waals surface area contributed by atoms with E-state index in [9.17, 15) is 13.6 Å². The SMILES string of the molecule is O=C(CCCC[n+]1ccccc1)Nc1ccc(F)c(F)c1. The zero-order valence-electron chi connectivity index (χ0n) is 11.6. The topological polar surface area (TPSA) is 33.0 Å². The van der Waals surface area contributed by atoms with Crippen LogP contribution in [0.3, 0.4) is 0 Å². The van der Waals surface area contributed by atoms with E-state index in [0.29, 0.717) is 6.42 Å². The van der Waals surface area contributed by atoms with Crippen LogP contribution in [0.25, 0.3) is 0 Å². The number of rotatable bonds is 6. The zero-order valence-corrected chi connectivity index (χ0v) is 11.6. The molecule has 110 valence electrons. The molecule has 2 aromatic rings. The third-order valence-electron chi connectivity index (χ3n) is 3.05. The van der Waals surface area contributed by atoms with E-state index >= 15 is 0 Å². The minimum atomic E-state index is -0.965. The molecule has 2 rings (SSSR count). The summed E-state index contributed by atoms with van der Waals surface area (Å²) in [6, 6.07) is 9.18. The molecular weight excluding hydrogens is 274 g/mol. The molecule has 0 saturated heterocycles. The quantitative estimate of drug-likeness (QED) is 0.644. The van der Waals surface area contributed by atoms with Crippen LogP contribution >= 0.6 is 0 Å². The van der Waals surface area contributed by atoms with Gasteiger partial charge in [-0.2, -0.15) is 0 Å². The molecule has 5 heteroatoms. The molecule has 21 heavy (non-hydrogen) atoms. The number of pyridine rings is 1. The summed E-state index contributed by atoms with van der Waals surface area (Å²) in [7, 11) is 0. The highest BCUT2D eigenvalue weighted by molar-refractivity contribution is 5.90. The van der Waals surface area contributed by atoms with Gasteiger partial charge in [0.15, 0.2) is 24.0 Å². The Balaban J connectivity index is 1.71. The number of nitrogens with one attached hydrogen (secondary N) is 1. The molecule has 0 saturated carbocycles. The van der Waals surface area contributed by atoms with Crippen molar-refractivity contribution >= 4 is 11.6 Å². The van der Waals surface area contributed by atoms with E-state index in [4.69, 9.17) is 0 Å². The van der Waals surface area contributed by atoms with Gasteiger partial charge in [0.05, 0.1) is 0 Å². The minimum absolute atomic E-state index is 0.195. The van der Waals surface area contributed by atoms with E-state index < -0.39 is 11.6 Å². The van der Waals surface area contributed by atoms with E-state index in [1.165, 1.54) is 6.07 Å². The van der Waals surface area contributed by atoms with Gasteiger partial charge in [-0.3, -0.25) is 4.79 Å². The van der Waals surface area contributed by atoms with E-state index in [1.807, 2.05) is 35.2 Å². The van der Waals surface area contributed by atoms with Crippen molar-refractivity contribution in [2.24, 2.45) is 0 Å². The van der Waals surface area contributed by atoms with Gasteiger partial charge in [-0.1, -0.05) is 6.07 Å². The number of amides is 1. The van der Waals surface area contributed by atoms with Crippen molar-refractivity contribution in [1.82, 2.24) is 0 Å². The summed E-state index contributed by atoms with van der Waals surface area (Å²) in [5.41, 5.74) is 0.274. The summed E-state index contributed by atoms with van der Waals surface area (Å²) < 4.78 is 27.8. The number of carbonyl (C=O) groups excluding carboxylic acids is 1. The molecular formula is C16H17F2N2O+. The Labute approximate surface area is 122 Å². The summed E-state index contributed by atoms with van der Waals surface area (Å²) in [6.45, 7) is 0.847. The molecule has 0 bridgehead atoms. The van der Waals surface area contributed by atoms with Crippen LogP contribution in [0.4, 0.5) is 14.5 Å². The number of carbonyl (C=O) groups is 1. The Hall–Kier alpha value is -2.30. The summed E-state index contributed by atoms with van der Waals surface area (Å²) in [5, 5.41) is 2.56. The van der Waals surface area contributed by atoms with Crippen LogP contribution in [-0.4, -0.2) is 5.91 Å². The van der Waals surface area contributed by atoms with Crippen molar-refractivity contribution in [3.8, 4) is 0 Å². The summed E-state index contributed by atoms with van der Waals surface area (Å²) in [6.07, 6.45) is 5.91. The van der Waals surface area contributed by atoms with Crippen molar-refractivity contribution in [3.63, 3.8) is 0 Å². The number of unbranched alkanes of at least 4 members (excludes halogenated alkanes) is 1. The van der Waals surface area contributed by atoms with Crippen LogP contribution in [0.1, 0.15) is 19.3 Å². The number of hydrogen-bond donors (Lipinski definition) is 1. The van der Waals surface area contributed by atoms with Crippen LogP contribution in [0.15, 0.2) is 48.8 Å². The van der Waals surface area contributed by atoms with Gasteiger partial charge < -0.3 is 5.32 Å². The maximum Gasteiger partial charge on any atom is 0.224 e. The van der Waals surface area contributed by atoms with Crippen LogP contribution in [0.5, 0.6) is 0 Å². The first kappa shape index (κ1) is 15.1. The van der Waals surface area contributed by atoms with E-state index in [2.05, 4.69) is 5.32 Å². The number of hydrogen-bond acceptors (Lipinski definition) is 1. The molecule has 1 N–H and O–H groups in total. The second kappa shape index (κ2) is 7.47. The number of benzene rings is 1. The van der Waals surface area contributed by atoms with Crippen molar-refractivity contribution in [2.45, 2.75) is 25.8 Å². The van der Waals surface area contributed by atoms with E-state index in [1.54, 1.807) is 0 Å². The fourth-order valence-electron chi connectivity index (χ4n) is 1.96. The fraction of sp³-hybridized carbons (Fsp3) is 0.250. The first-order valence-electron chi connectivity index (χ1n) is 6.84. The van der Waals surface area contributed by atoms with Crippen molar-refractivity contribution in [1.29, 1.82) is 0 Å². The molecule has 1 aromatic heterocycles. The van der Waals surface area contributed by atoms with Crippen LogP contribution in [0.2, 0.25) is 0 Å². The Morgan fingerprint density at radius 1 is 1.05 bits per heavy atom. The van der Waals surface area contributed by atoms with Crippen molar-refractivity contribution in [2.75, 3.05) is 5.32 Å². The van der Waals surface area contributed by atoms with E-state index in [-0.39, 0.29) is 11.6 Å². The van der Waals surface area contributed by atoms with Gasteiger partial charge >= 0.3 is 0 Å². The van der Waals surface area contributed by atoms with Gasteiger partial charge in [0.1, 0.15) is 6.54 Å². The second-order valence-electron chi connectivity index (χ2n) is 4.75. The molecule has 1 aromatic carbocycles. The van der Waals surface area contributed by atoms with Crippen LogP contribution in [0, 0.1) is 11.6 Å². The summed E-state index contributed by atoms with van der Waals surface area (Å²) >= 11 is 0. The molecule has 0 radical (unpaired) electrons. The standard InChI is InChI=1S/C16H16F2N2O/c17-14-8-7-13(12-15(14)18)19-16(21)6-2-5-11-20-9-3-1-4-10-20/h1,3-4,7-10,12H,2,5-6,11H2/p+1. The molecule has 0 unspecified atom stereocenters. The Kier molecular flexibility index (Phi) is 5.37. The zero-order chi connectivity index (χ0) is 15.1. The maximum absolute atomic E-state index is 13.0. The number of nitrogens with zero attached hydrogens (tertiary/aromatic N) is 1. The molecule has 0 atom stereocenters. The lowest BCUT2D eigenvalue weighted by Gasteiger charge is -2.05. The molecule has 1 heterocycles. The number of halogens is 2. The number of anilines is 1. The summed E-state index contributed by atoms with van der Waals surface area (Å²) in [4.78, 5) is 11.7. The maximum atomic E-state index is 13.0. The lowest BCUT2D eigenvalue weighted by molar-refractivity contribution is -0.697. The molecule has 0 spiro atoms. The smallest absolute Gasteiger partial charge is 0.224 e. The van der Waals surface area contributed by atoms with Gasteiger partial charge in [0, 0.05) is 36.7 Å². The predicted octanol–water partition coefficient (Wildman–Crippen LogP) is 3.06. The average Bonchev–Trinajstić information content (AvgIpc) is 2.49. The average molecular weight is 291 g/mol. The third-order valence-corrected chi connectivity index (χ3v) is 3.05. The van der Waals surface area contributed by atoms with Gasteiger partial charge in [-0.15, -0.1) is 0 Å². The lowest BCUT2D eigenvalue weighted by atomic mass is 10.2. The molecule has 0 fully saturated rings. The van der Waals surface area contributed by atoms with Crippen molar-refractivity contribution in [3.05, 3.63) is 60.4 Å². The molecule has 1 amide bonds. The van der Waals surface area contributed by atoms with Gasteiger partial charge in [-0.05, 0) is 18.6 Å². The first-order valence-corrected chi connectivity index (χ1v) is 6.84. The molecule has 0 aliphatic carbocycles. The highest BCUT2D eigenvalue weighted by Gasteiger charge is 2.07. The number of aromatic nitrogens is 1. The van der Waals surface area contributed by atoms with Crippen LogP contribution in [-0.2, 0) is 11.3 Å². The molecule has 3 nitrogen and oxygen atoms in total. The minimum Gasteiger partial charge on any atom is -0.326 e. The Morgan fingerprint density at radius 2 is 1.81 bits per heavy atom. The Bertz CT molecular complexity index is 602. The highest BCUT2D eigenvalue weighted by atomic mass is 19.2. The van der Waals surface area contributed by atoms with Crippen LogP contribution < -0.4 is 9.88 Å². The number of aryl methyl sites for hydroxylation is 1. The fourth-order valence-corrected chi connectivity index (χ4v) is 1.96.